The largest absolute Gasteiger partial charge is 0.445 e. The fourth-order valence-electron chi connectivity index (χ4n) is 5.15. The fourth-order valence-corrected chi connectivity index (χ4v) is 5.15. The molecule has 0 spiro atoms. The quantitative estimate of drug-likeness (QED) is 0.162. The van der Waals surface area contributed by atoms with Crippen LogP contribution >= 0.6 is 0 Å². The highest BCUT2D eigenvalue weighted by Crippen LogP contribution is 2.29. The summed E-state index contributed by atoms with van der Waals surface area (Å²) in [5.41, 5.74) is 5.21. The van der Waals surface area contributed by atoms with Crippen molar-refractivity contribution in [2.24, 2.45) is 0 Å². The number of methoxy groups -OCH3 is 2. The monoisotopic (exact) mass is 627 g/mol. The van der Waals surface area contributed by atoms with Crippen LogP contribution in [0.1, 0.15) is 47.1 Å². The number of carbonyl (C=O) groups is 3. The van der Waals surface area contributed by atoms with E-state index in [4.69, 9.17) is 14.2 Å². The highest BCUT2D eigenvalue weighted by atomic mass is 16.7. The topological polar surface area (TPSA) is 97.4 Å². The maximum absolute atomic E-state index is 14.1. The van der Waals surface area contributed by atoms with Crippen LogP contribution in [0.15, 0.2) is 91.0 Å². The van der Waals surface area contributed by atoms with Crippen molar-refractivity contribution in [3.63, 3.8) is 0 Å². The maximum atomic E-state index is 14.1. The minimum Gasteiger partial charge on any atom is -0.445 e. The van der Waals surface area contributed by atoms with E-state index in [1.807, 2.05) is 71.6 Å². The van der Waals surface area contributed by atoms with E-state index in [0.29, 0.717) is 6.54 Å². The molecule has 0 bridgehead atoms. The second kappa shape index (κ2) is 17.3. The zero-order chi connectivity index (χ0) is 32.9. The van der Waals surface area contributed by atoms with Crippen molar-refractivity contribution in [1.29, 1.82) is 0 Å². The summed E-state index contributed by atoms with van der Waals surface area (Å²) in [6.07, 6.45) is 3.78. The first-order chi connectivity index (χ1) is 22.3. The van der Waals surface area contributed by atoms with Crippen LogP contribution in [-0.2, 0) is 43.5 Å². The van der Waals surface area contributed by atoms with Crippen molar-refractivity contribution in [3.8, 4) is 0 Å². The van der Waals surface area contributed by atoms with Gasteiger partial charge in [-0.15, -0.1) is 0 Å². The molecule has 3 aromatic rings. The standard InChI is InChI=1S/C37H45N3O6/c1-27-13-11-18-31(28(27)2)24-40(32-21-22-32)34(41)20-12-19-33(38-37(43)46-26-30-16-9-6-10-17-30)36(42)39(25-35(44-3)45-4)23-29-14-7-5-8-15-29/h5-18,20,32-33,35H,19,21-26H2,1-4H3,(H,38,43)/b20-12-/t33-/m1/s1. The van der Waals surface area contributed by atoms with Gasteiger partial charge in [0.25, 0.3) is 0 Å². The molecular weight excluding hydrogens is 582 g/mol. The van der Waals surface area contributed by atoms with Gasteiger partial charge in [-0.3, -0.25) is 9.59 Å². The fraction of sp³-hybridized carbons (Fsp3) is 0.378. The number of hydrogen-bond donors (Lipinski definition) is 1. The van der Waals surface area contributed by atoms with Crippen molar-refractivity contribution in [2.45, 2.75) is 71.2 Å². The second-order valence-electron chi connectivity index (χ2n) is 11.6. The molecule has 1 saturated carbocycles. The molecule has 1 aliphatic carbocycles. The average Bonchev–Trinajstić information content (AvgIpc) is 3.92. The Hall–Kier alpha value is -4.47. The van der Waals surface area contributed by atoms with Gasteiger partial charge in [-0.25, -0.2) is 4.79 Å². The van der Waals surface area contributed by atoms with E-state index >= 15 is 0 Å². The van der Waals surface area contributed by atoms with Crippen LogP contribution < -0.4 is 5.32 Å². The molecule has 46 heavy (non-hydrogen) atoms. The summed E-state index contributed by atoms with van der Waals surface area (Å²) in [7, 11) is 3.02. The van der Waals surface area contributed by atoms with Crippen molar-refractivity contribution < 1.29 is 28.6 Å². The number of hydrogen-bond acceptors (Lipinski definition) is 6. The molecule has 4 rings (SSSR count). The minimum absolute atomic E-state index is 0.0553. The predicted octanol–water partition coefficient (Wildman–Crippen LogP) is 5.68. The minimum atomic E-state index is -1.00. The van der Waals surface area contributed by atoms with Crippen molar-refractivity contribution in [3.05, 3.63) is 119 Å². The van der Waals surface area contributed by atoms with Crippen LogP contribution in [0.3, 0.4) is 0 Å². The Morgan fingerprint density at radius 2 is 1.52 bits per heavy atom. The summed E-state index contributed by atoms with van der Waals surface area (Å²) in [5, 5.41) is 2.74. The molecule has 1 atom stereocenters. The van der Waals surface area contributed by atoms with Crippen LogP contribution in [0.4, 0.5) is 4.79 Å². The van der Waals surface area contributed by atoms with Crippen molar-refractivity contribution >= 4 is 17.9 Å². The van der Waals surface area contributed by atoms with Crippen LogP contribution in [0.5, 0.6) is 0 Å². The average molecular weight is 628 g/mol. The van der Waals surface area contributed by atoms with Gasteiger partial charge in [0.1, 0.15) is 12.6 Å². The Morgan fingerprint density at radius 3 is 2.15 bits per heavy atom. The van der Waals surface area contributed by atoms with Gasteiger partial charge in [0.2, 0.25) is 11.8 Å². The molecule has 3 amide bonds. The lowest BCUT2D eigenvalue weighted by atomic mass is 10.0. The molecule has 244 valence electrons. The number of ether oxygens (including phenoxy) is 3. The lowest BCUT2D eigenvalue weighted by Crippen LogP contribution is -2.50. The van der Waals surface area contributed by atoms with E-state index in [9.17, 15) is 14.4 Å². The summed E-state index contributed by atoms with van der Waals surface area (Å²) < 4.78 is 16.3. The Kier molecular flexibility index (Phi) is 12.9. The van der Waals surface area contributed by atoms with Gasteiger partial charge >= 0.3 is 6.09 Å². The highest BCUT2D eigenvalue weighted by Gasteiger charge is 2.32. The van der Waals surface area contributed by atoms with Crippen molar-refractivity contribution in [2.75, 3.05) is 20.8 Å². The summed E-state index contributed by atoms with van der Waals surface area (Å²) in [6.45, 7) is 5.13. The molecule has 0 saturated heterocycles. The Bertz CT molecular complexity index is 1450. The first-order valence-corrected chi connectivity index (χ1v) is 15.7. The molecular formula is C37H45N3O6. The van der Waals surface area contributed by atoms with Gasteiger partial charge in [-0.1, -0.05) is 84.9 Å². The lowest BCUT2D eigenvalue weighted by molar-refractivity contribution is -0.148. The molecule has 0 unspecified atom stereocenters. The molecule has 1 aliphatic rings. The van der Waals surface area contributed by atoms with Crippen LogP contribution in [0.2, 0.25) is 0 Å². The smallest absolute Gasteiger partial charge is 0.408 e. The van der Waals surface area contributed by atoms with Crippen molar-refractivity contribution in [1.82, 2.24) is 15.1 Å². The SMILES string of the molecule is COC(CN(Cc1ccccc1)C(=O)[C@@H](C/C=C\C(=O)N(Cc1cccc(C)c1C)C1CC1)NC(=O)OCc1ccccc1)OC. The van der Waals surface area contributed by atoms with Gasteiger partial charge in [0.05, 0.1) is 6.54 Å². The Balaban J connectivity index is 1.51. The molecule has 9 nitrogen and oxygen atoms in total. The van der Waals surface area contributed by atoms with Gasteiger partial charge in [0, 0.05) is 33.4 Å². The predicted molar refractivity (Wildman–Crippen MR) is 176 cm³/mol. The normalized spacial score (nSPS) is 13.4. The Labute approximate surface area is 272 Å². The van der Waals surface area contributed by atoms with Crippen LogP contribution in [0, 0.1) is 13.8 Å². The van der Waals surface area contributed by atoms with Crippen LogP contribution in [-0.4, -0.2) is 66.8 Å². The third kappa shape index (κ3) is 10.3. The molecule has 0 aliphatic heterocycles. The number of aryl methyl sites for hydroxylation is 1. The molecule has 0 radical (unpaired) electrons. The van der Waals surface area contributed by atoms with Gasteiger partial charge in [-0.05, 0) is 67.0 Å². The molecule has 9 heteroatoms. The molecule has 1 N–H and O–H groups in total. The molecule has 0 aromatic heterocycles. The number of nitrogens with one attached hydrogen (secondary N) is 1. The third-order valence-corrected chi connectivity index (χ3v) is 8.19. The first kappa shape index (κ1) is 34.4. The molecule has 3 aromatic carbocycles. The number of amides is 3. The summed E-state index contributed by atoms with van der Waals surface area (Å²) >= 11 is 0. The number of alkyl carbamates (subject to hydrolysis) is 1. The lowest BCUT2D eigenvalue weighted by Gasteiger charge is -2.30. The number of rotatable bonds is 16. The summed E-state index contributed by atoms with van der Waals surface area (Å²) in [4.78, 5) is 44.0. The molecule has 1 fully saturated rings. The van der Waals surface area contributed by atoms with E-state index in [0.717, 1.165) is 29.5 Å². The number of carbonyl (C=O) groups excluding carboxylic acids is 3. The van der Waals surface area contributed by atoms with E-state index in [2.05, 4.69) is 31.3 Å². The second-order valence-corrected chi connectivity index (χ2v) is 11.6. The highest BCUT2D eigenvalue weighted by molar-refractivity contribution is 5.89. The van der Waals surface area contributed by atoms with Crippen LogP contribution in [0.25, 0.3) is 0 Å². The van der Waals surface area contributed by atoms with E-state index in [1.54, 1.807) is 11.0 Å². The summed E-state index contributed by atoms with van der Waals surface area (Å²) in [6, 6.07) is 24.2. The number of benzene rings is 3. The van der Waals surface area contributed by atoms with Gasteiger partial charge in [0.15, 0.2) is 6.29 Å². The Morgan fingerprint density at radius 1 is 0.870 bits per heavy atom. The third-order valence-electron chi connectivity index (χ3n) is 8.19. The summed E-state index contributed by atoms with van der Waals surface area (Å²) in [5.74, 6) is -0.479. The van der Waals surface area contributed by atoms with Gasteiger partial charge in [-0.2, -0.15) is 0 Å². The zero-order valence-corrected chi connectivity index (χ0v) is 27.2. The van der Waals surface area contributed by atoms with E-state index in [-0.39, 0.29) is 44.0 Å². The van der Waals surface area contributed by atoms with E-state index in [1.165, 1.54) is 31.4 Å². The number of nitrogens with zero attached hydrogens (tertiary/aromatic N) is 2. The van der Waals surface area contributed by atoms with Gasteiger partial charge < -0.3 is 29.3 Å². The zero-order valence-electron chi connectivity index (χ0n) is 27.2. The molecule has 0 heterocycles. The van der Waals surface area contributed by atoms with E-state index < -0.39 is 18.4 Å². The first-order valence-electron chi connectivity index (χ1n) is 15.7. The maximum Gasteiger partial charge on any atom is 0.408 e.